The number of fused-ring (bicyclic) bond motifs is 1. The predicted molar refractivity (Wildman–Crippen MR) is 58.9 cm³/mol. The molecule has 3 heteroatoms. The Morgan fingerprint density at radius 2 is 2.33 bits per heavy atom. The number of hydrogen-bond donors (Lipinski definition) is 1. The summed E-state index contributed by atoms with van der Waals surface area (Å²) in [5.41, 5.74) is 3.57. The number of carbonyl (C=O) groups is 1. The normalized spacial score (nSPS) is 18.9. The molecular formula is C12H15NO2. The zero-order chi connectivity index (χ0) is 10.8. The van der Waals surface area contributed by atoms with Crippen LogP contribution in [0.4, 0.5) is 5.69 Å². The summed E-state index contributed by atoms with van der Waals surface area (Å²) >= 11 is 0. The Morgan fingerprint density at radius 1 is 1.53 bits per heavy atom. The summed E-state index contributed by atoms with van der Waals surface area (Å²) in [5.74, 6) is -0.177. The molecule has 2 rings (SSSR count). The molecule has 0 aromatic heterocycles. The largest absolute Gasteiger partial charge is 0.467 e. The number of para-hydroxylation sites is 1. The van der Waals surface area contributed by atoms with Gasteiger partial charge in [0.1, 0.15) is 6.04 Å². The zero-order valence-electron chi connectivity index (χ0n) is 9.04. The van der Waals surface area contributed by atoms with Crippen LogP contribution in [0.15, 0.2) is 18.2 Å². The maximum absolute atomic E-state index is 11.4. The quantitative estimate of drug-likeness (QED) is 0.711. The predicted octanol–water partition coefficient (Wildman–Crippen LogP) is 1.89. The highest BCUT2D eigenvalue weighted by Gasteiger charge is 2.24. The molecule has 0 saturated heterocycles. The first-order chi connectivity index (χ1) is 7.22. The molecule has 0 aliphatic carbocycles. The molecule has 1 aliphatic rings. The topological polar surface area (TPSA) is 38.3 Å². The standard InChI is InChI=1S/C12H15NO2/c1-8-4-3-5-9-6-7-10(12(14)15-2)13-11(8)9/h3-5,10,13H,6-7H2,1-2H3. The first-order valence-corrected chi connectivity index (χ1v) is 5.15. The van der Waals surface area contributed by atoms with E-state index in [1.807, 2.05) is 19.1 Å². The Bertz CT molecular complexity index is 387. The smallest absolute Gasteiger partial charge is 0.328 e. The third kappa shape index (κ3) is 1.82. The van der Waals surface area contributed by atoms with Crippen LogP contribution < -0.4 is 5.32 Å². The van der Waals surface area contributed by atoms with Crippen LogP contribution in [0.3, 0.4) is 0 Å². The fraction of sp³-hybridized carbons (Fsp3) is 0.417. The van der Waals surface area contributed by atoms with E-state index in [1.165, 1.54) is 18.2 Å². The number of esters is 1. The second kappa shape index (κ2) is 3.93. The van der Waals surface area contributed by atoms with E-state index in [2.05, 4.69) is 11.4 Å². The summed E-state index contributed by atoms with van der Waals surface area (Å²) in [6.45, 7) is 2.05. The number of hydrogen-bond acceptors (Lipinski definition) is 3. The highest BCUT2D eigenvalue weighted by molar-refractivity contribution is 5.81. The number of carbonyl (C=O) groups excluding carboxylic acids is 1. The van der Waals surface area contributed by atoms with Crippen molar-refractivity contribution in [1.29, 1.82) is 0 Å². The molecule has 1 atom stereocenters. The van der Waals surface area contributed by atoms with Crippen LogP contribution in [0.25, 0.3) is 0 Å². The van der Waals surface area contributed by atoms with Gasteiger partial charge < -0.3 is 10.1 Å². The molecule has 0 bridgehead atoms. The molecule has 0 amide bonds. The number of nitrogens with one attached hydrogen (secondary N) is 1. The average Bonchev–Trinajstić information content (AvgIpc) is 2.28. The molecule has 3 nitrogen and oxygen atoms in total. The molecule has 1 N–H and O–H groups in total. The Balaban J connectivity index is 2.26. The lowest BCUT2D eigenvalue weighted by atomic mass is 9.96. The molecule has 0 fully saturated rings. The molecule has 0 saturated carbocycles. The molecule has 1 aromatic carbocycles. The van der Waals surface area contributed by atoms with E-state index in [-0.39, 0.29) is 12.0 Å². The lowest BCUT2D eigenvalue weighted by Crippen LogP contribution is -2.34. The van der Waals surface area contributed by atoms with E-state index < -0.39 is 0 Å². The Hall–Kier alpha value is -1.51. The Kier molecular flexibility index (Phi) is 2.62. The van der Waals surface area contributed by atoms with Crippen LogP contribution in [0.1, 0.15) is 17.5 Å². The first kappa shape index (κ1) is 10.0. The monoisotopic (exact) mass is 205 g/mol. The number of ether oxygens (including phenoxy) is 1. The van der Waals surface area contributed by atoms with Gasteiger partial charge in [0.25, 0.3) is 0 Å². The lowest BCUT2D eigenvalue weighted by Gasteiger charge is -2.26. The van der Waals surface area contributed by atoms with Crippen LogP contribution in [0, 0.1) is 6.92 Å². The van der Waals surface area contributed by atoms with E-state index in [9.17, 15) is 4.79 Å². The van der Waals surface area contributed by atoms with E-state index in [4.69, 9.17) is 4.74 Å². The molecule has 0 spiro atoms. The zero-order valence-corrected chi connectivity index (χ0v) is 9.04. The van der Waals surface area contributed by atoms with Gasteiger partial charge in [0.05, 0.1) is 7.11 Å². The van der Waals surface area contributed by atoms with Gasteiger partial charge in [0.2, 0.25) is 0 Å². The molecule has 15 heavy (non-hydrogen) atoms. The maximum Gasteiger partial charge on any atom is 0.328 e. The van der Waals surface area contributed by atoms with Crippen LogP contribution >= 0.6 is 0 Å². The average molecular weight is 205 g/mol. The first-order valence-electron chi connectivity index (χ1n) is 5.15. The van der Waals surface area contributed by atoms with Gasteiger partial charge in [-0.3, -0.25) is 0 Å². The SMILES string of the molecule is COC(=O)C1CCc2cccc(C)c2N1. The molecule has 1 aliphatic heterocycles. The van der Waals surface area contributed by atoms with Gasteiger partial charge >= 0.3 is 5.97 Å². The van der Waals surface area contributed by atoms with Gasteiger partial charge in [-0.05, 0) is 30.9 Å². The number of rotatable bonds is 1. The van der Waals surface area contributed by atoms with E-state index in [1.54, 1.807) is 0 Å². The van der Waals surface area contributed by atoms with Crippen LogP contribution in [0.5, 0.6) is 0 Å². The van der Waals surface area contributed by atoms with Gasteiger partial charge in [-0.15, -0.1) is 0 Å². The van der Waals surface area contributed by atoms with Crippen molar-refractivity contribution >= 4 is 11.7 Å². The summed E-state index contributed by atoms with van der Waals surface area (Å²) in [7, 11) is 1.43. The van der Waals surface area contributed by atoms with Crippen LogP contribution in [-0.4, -0.2) is 19.1 Å². The summed E-state index contributed by atoms with van der Waals surface area (Å²) < 4.78 is 4.74. The van der Waals surface area contributed by atoms with Gasteiger partial charge in [-0.25, -0.2) is 4.79 Å². The molecule has 1 aromatic rings. The van der Waals surface area contributed by atoms with Crippen LogP contribution in [0.2, 0.25) is 0 Å². The minimum absolute atomic E-state index is 0.177. The van der Waals surface area contributed by atoms with Crippen molar-refractivity contribution in [2.24, 2.45) is 0 Å². The summed E-state index contributed by atoms with van der Waals surface area (Å²) in [4.78, 5) is 11.4. The molecule has 1 heterocycles. The van der Waals surface area contributed by atoms with Crippen molar-refractivity contribution in [2.75, 3.05) is 12.4 Å². The van der Waals surface area contributed by atoms with Gasteiger partial charge in [-0.1, -0.05) is 18.2 Å². The van der Waals surface area contributed by atoms with Gasteiger partial charge in [0, 0.05) is 5.69 Å². The third-order valence-corrected chi connectivity index (χ3v) is 2.87. The summed E-state index contributed by atoms with van der Waals surface area (Å²) in [5, 5.41) is 3.24. The fourth-order valence-corrected chi connectivity index (χ4v) is 2.01. The number of benzene rings is 1. The minimum atomic E-state index is -0.191. The highest BCUT2D eigenvalue weighted by atomic mass is 16.5. The van der Waals surface area contributed by atoms with Crippen molar-refractivity contribution in [3.63, 3.8) is 0 Å². The van der Waals surface area contributed by atoms with E-state index >= 15 is 0 Å². The van der Waals surface area contributed by atoms with Crippen molar-refractivity contribution in [2.45, 2.75) is 25.8 Å². The second-order valence-electron chi connectivity index (χ2n) is 3.87. The number of anilines is 1. The Labute approximate surface area is 89.4 Å². The van der Waals surface area contributed by atoms with Crippen molar-refractivity contribution in [1.82, 2.24) is 0 Å². The van der Waals surface area contributed by atoms with Gasteiger partial charge in [-0.2, -0.15) is 0 Å². The van der Waals surface area contributed by atoms with E-state index in [0.717, 1.165) is 18.5 Å². The second-order valence-corrected chi connectivity index (χ2v) is 3.87. The number of aryl methyl sites for hydroxylation is 2. The van der Waals surface area contributed by atoms with Crippen LogP contribution in [-0.2, 0) is 16.0 Å². The minimum Gasteiger partial charge on any atom is -0.467 e. The number of methoxy groups -OCH3 is 1. The van der Waals surface area contributed by atoms with Crippen molar-refractivity contribution in [3.05, 3.63) is 29.3 Å². The lowest BCUT2D eigenvalue weighted by molar-refractivity contribution is -0.141. The maximum atomic E-state index is 11.4. The molecule has 0 radical (unpaired) electrons. The highest BCUT2D eigenvalue weighted by Crippen LogP contribution is 2.28. The van der Waals surface area contributed by atoms with Gasteiger partial charge in [0.15, 0.2) is 0 Å². The van der Waals surface area contributed by atoms with Crippen molar-refractivity contribution < 1.29 is 9.53 Å². The summed E-state index contributed by atoms with van der Waals surface area (Å²) in [6.07, 6.45) is 1.74. The molecule has 1 unspecified atom stereocenters. The third-order valence-electron chi connectivity index (χ3n) is 2.87. The Morgan fingerprint density at radius 3 is 3.07 bits per heavy atom. The molecule has 80 valence electrons. The van der Waals surface area contributed by atoms with Crippen molar-refractivity contribution in [3.8, 4) is 0 Å². The molecular weight excluding hydrogens is 190 g/mol. The van der Waals surface area contributed by atoms with E-state index in [0.29, 0.717) is 0 Å². The summed E-state index contributed by atoms with van der Waals surface area (Å²) in [6, 6.07) is 6.01. The fourth-order valence-electron chi connectivity index (χ4n) is 2.01.